The SMILES string of the molecule is C[N+]1(CC(O)COC(=O)C23CC4CC(CC(C4)C2)C3)CCOCC1.[I-]. The van der Waals surface area contributed by atoms with E-state index in [0.29, 0.717) is 6.54 Å². The molecule has 5 rings (SSSR count). The van der Waals surface area contributed by atoms with Crippen LogP contribution in [0.2, 0.25) is 0 Å². The fourth-order valence-corrected chi connectivity index (χ4v) is 6.21. The molecule has 5 nitrogen and oxygen atoms in total. The van der Waals surface area contributed by atoms with Crippen molar-refractivity contribution in [3.05, 3.63) is 0 Å². The Balaban J connectivity index is 0.00000182. The topological polar surface area (TPSA) is 55.8 Å². The number of carbonyl (C=O) groups is 1. The number of morpholine rings is 1. The molecule has 0 aromatic rings. The molecule has 25 heavy (non-hydrogen) atoms. The van der Waals surface area contributed by atoms with Crippen LogP contribution in [0.3, 0.4) is 0 Å². The predicted octanol–water partition coefficient (Wildman–Crippen LogP) is -1.41. The van der Waals surface area contributed by atoms with Gasteiger partial charge < -0.3 is 43.0 Å². The van der Waals surface area contributed by atoms with Gasteiger partial charge in [-0.1, -0.05) is 0 Å². The molecular formula is C19H32INO4. The summed E-state index contributed by atoms with van der Waals surface area (Å²) in [6.07, 6.45) is 6.48. The van der Waals surface area contributed by atoms with Crippen LogP contribution in [0, 0.1) is 23.2 Å². The van der Waals surface area contributed by atoms with Crippen molar-refractivity contribution in [2.24, 2.45) is 23.2 Å². The smallest absolute Gasteiger partial charge is 0.312 e. The summed E-state index contributed by atoms with van der Waals surface area (Å²) >= 11 is 0. The molecule has 5 fully saturated rings. The summed E-state index contributed by atoms with van der Waals surface area (Å²) in [7, 11) is 2.15. The summed E-state index contributed by atoms with van der Waals surface area (Å²) < 4.78 is 11.8. The fourth-order valence-electron chi connectivity index (χ4n) is 6.21. The van der Waals surface area contributed by atoms with Crippen LogP contribution in [-0.2, 0) is 14.3 Å². The van der Waals surface area contributed by atoms with Crippen molar-refractivity contribution in [2.75, 3.05) is 46.5 Å². The molecule has 0 radical (unpaired) electrons. The van der Waals surface area contributed by atoms with Gasteiger partial charge in [-0.05, 0) is 56.3 Å². The Bertz CT molecular complexity index is 457. The molecule has 5 aliphatic rings. The molecule has 4 aliphatic carbocycles. The molecule has 6 heteroatoms. The van der Waals surface area contributed by atoms with Gasteiger partial charge in [0.15, 0.2) is 0 Å². The van der Waals surface area contributed by atoms with Crippen LogP contribution in [0.5, 0.6) is 0 Å². The first kappa shape index (κ1) is 19.8. The molecule has 1 atom stereocenters. The van der Waals surface area contributed by atoms with Crippen molar-refractivity contribution >= 4 is 5.97 Å². The van der Waals surface area contributed by atoms with Gasteiger partial charge in [-0.3, -0.25) is 4.79 Å². The third-order valence-corrected chi connectivity index (χ3v) is 7.08. The summed E-state index contributed by atoms with van der Waals surface area (Å²) in [4.78, 5) is 12.8. The first-order chi connectivity index (χ1) is 11.5. The van der Waals surface area contributed by atoms with Crippen molar-refractivity contribution in [3.63, 3.8) is 0 Å². The molecule has 0 amide bonds. The molecule has 144 valence electrons. The number of carbonyl (C=O) groups excluding carboxylic acids is 1. The first-order valence-electron chi connectivity index (χ1n) is 9.73. The normalized spacial score (nSPS) is 39.5. The second kappa shape index (κ2) is 7.60. The van der Waals surface area contributed by atoms with Crippen LogP contribution in [0.15, 0.2) is 0 Å². The maximum atomic E-state index is 12.8. The summed E-state index contributed by atoms with van der Waals surface area (Å²) in [5.41, 5.74) is -0.216. The molecule has 4 bridgehead atoms. The van der Waals surface area contributed by atoms with E-state index in [9.17, 15) is 9.90 Å². The lowest BCUT2D eigenvalue weighted by Gasteiger charge is -2.55. The van der Waals surface area contributed by atoms with E-state index in [4.69, 9.17) is 9.47 Å². The van der Waals surface area contributed by atoms with Gasteiger partial charge >= 0.3 is 5.97 Å². The van der Waals surface area contributed by atoms with Crippen LogP contribution in [0.25, 0.3) is 0 Å². The van der Waals surface area contributed by atoms with Crippen molar-refractivity contribution < 1.29 is 47.8 Å². The van der Waals surface area contributed by atoms with Gasteiger partial charge in [0.1, 0.15) is 32.3 Å². The van der Waals surface area contributed by atoms with E-state index < -0.39 is 6.10 Å². The van der Waals surface area contributed by atoms with Gasteiger partial charge in [0, 0.05) is 0 Å². The van der Waals surface area contributed by atoms with E-state index in [-0.39, 0.29) is 42.0 Å². The highest BCUT2D eigenvalue weighted by molar-refractivity contribution is 5.77. The maximum Gasteiger partial charge on any atom is 0.312 e. The largest absolute Gasteiger partial charge is 1.00 e. The van der Waals surface area contributed by atoms with E-state index >= 15 is 0 Å². The summed E-state index contributed by atoms with van der Waals surface area (Å²) in [6.45, 7) is 4.11. The third-order valence-electron chi connectivity index (χ3n) is 7.08. The van der Waals surface area contributed by atoms with E-state index in [1.807, 2.05) is 0 Å². The molecule has 1 saturated heterocycles. The molecule has 1 aliphatic heterocycles. The lowest BCUT2D eigenvalue weighted by molar-refractivity contribution is -0.919. The summed E-state index contributed by atoms with van der Waals surface area (Å²) in [5, 5.41) is 10.4. The molecular weight excluding hydrogens is 433 g/mol. The Kier molecular flexibility index (Phi) is 6.03. The number of quaternary nitrogens is 1. The van der Waals surface area contributed by atoms with Gasteiger partial charge in [-0.25, -0.2) is 0 Å². The second-order valence-electron chi connectivity index (χ2n) is 9.31. The highest BCUT2D eigenvalue weighted by atomic mass is 127. The number of likely N-dealkylation sites (N-methyl/N-ethyl adjacent to an activating group) is 1. The van der Waals surface area contributed by atoms with Crippen molar-refractivity contribution in [1.29, 1.82) is 0 Å². The maximum absolute atomic E-state index is 12.8. The molecule has 1 unspecified atom stereocenters. The quantitative estimate of drug-likeness (QED) is 0.308. The van der Waals surface area contributed by atoms with Gasteiger partial charge in [-0.2, -0.15) is 0 Å². The monoisotopic (exact) mass is 465 g/mol. The summed E-state index contributed by atoms with van der Waals surface area (Å²) in [6, 6.07) is 0. The van der Waals surface area contributed by atoms with Gasteiger partial charge in [0.25, 0.3) is 0 Å². The zero-order chi connectivity index (χ0) is 16.8. The Hall–Kier alpha value is 0.0800. The van der Waals surface area contributed by atoms with Crippen molar-refractivity contribution in [1.82, 2.24) is 0 Å². The first-order valence-corrected chi connectivity index (χ1v) is 9.73. The van der Waals surface area contributed by atoms with E-state index in [2.05, 4.69) is 7.05 Å². The minimum Gasteiger partial charge on any atom is -1.00 e. The number of rotatable bonds is 5. The number of esters is 1. The molecule has 0 aromatic carbocycles. The molecule has 4 saturated carbocycles. The Morgan fingerprint density at radius 1 is 1.16 bits per heavy atom. The predicted molar refractivity (Wildman–Crippen MR) is 89.2 cm³/mol. The zero-order valence-corrected chi connectivity index (χ0v) is 17.4. The Morgan fingerprint density at radius 2 is 1.68 bits per heavy atom. The summed E-state index contributed by atoms with van der Waals surface area (Å²) in [5.74, 6) is 2.20. The molecule has 0 aromatic heterocycles. The van der Waals surface area contributed by atoms with Crippen molar-refractivity contribution in [3.8, 4) is 0 Å². The Morgan fingerprint density at radius 3 is 2.20 bits per heavy atom. The molecule has 1 N–H and O–H groups in total. The number of ether oxygens (including phenoxy) is 2. The van der Waals surface area contributed by atoms with E-state index in [1.54, 1.807) is 0 Å². The lowest BCUT2D eigenvalue weighted by atomic mass is 9.49. The molecule has 0 spiro atoms. The molecule has 1 heterocycles. The lowest BCUT2D eigenvalue weighted by Crippen LogP contribution is -3.00. The number of halogens is 1. The number of hydrogen-bond donors (Lipinski definition) is 1. The van der Waals surface area contributed by atoms with Gasteiger partial charge in [0.05, 0.1) is 25.7 Å². The average molecular weight is 465 g/mol. The Labute approximate surface area is 168 Å². The highest BCUT2D eigenvalue weighted by Crippen LogP contribution is 2.60. The number of nitrogens with zero attached hydrogens (tertiary/aromatic N) is 1. The number of aliphatic hydroxyl groups excluding tert-OH is 1. The standard InChI is InChI=1S/C19H32NO4.HI/c1-20(2-4-23-5-3-20)12-17(21)13-24-18(22)19-9-14-6-15(10-19)8-16(7-14)11-19;/h14-17,21H,2-13H2,1H3;1H/q+1;/p-1. The van der Waals surface area contributed by atoms with Crippen LogP contribution < -0.4 is 24.0 Å². The minimum absolute atomic E-state index is 0. The number of aliphatic hydroxyl groups is 1. The second-order valence-corrected chi connectivity index (χ2v) is 9.31. The minimum atomic E-state index is -0.578. The average Bonchev–Trinajstić information content (AvgIpc) is 2.51. The van der Waals surface area contributed by atoms with Crippen LogP contribution in [0.4, 0.5) is 0 Å². The zero-order valence-electron chi connectivity index (χ0n) is 15.3. The van der Waals surface area contributed by atoms with Crippen LogP contribution >= 0.6 is 0 Å². The fraction of sp³-hybridized carbons (Fsp3) is 0.947. The number of hydrogen-bond acceptors (Lipinski definition) is 4. The van der Waals surface area contributed by atoms with E-state index in [0.717, 1.165) is 67.8 Å². The van der Waals surface area contributed by atoms with Crippen LogP contribution in [-0.4, -0.2) is 68.2 Å². The van der Waals surface area contributed by atoms with Gasteiger partial charge in [0.2, 0.25) is 0 Å². The van der Waals surface area contributed by atoms with Gasteiger partial charge in [-0.15, -0.1) is 0 Å². The van der Waals surface area contributed by atoms with E-state index in [1.165, 1.54) is 19.3 Å². The van der Waals surface area contributed by atoms with Crippen LogP contribution in [0.1, 0.15) is 38.5 Å². The third kappa shape index (κ3) is 4.17. The van der Waals surface area contributed by atoms with Crippen molar-refractivity contribution in [2.45, 2.75) is 44.6 Å². The highest BCUT2D eigenvalue weighted by Gasteiger charge is 2.55.